The number of rotatable bonds is 11. The van der Waals surface area contributed by atoms with Gasteiger partial charge in [0, 0.05) is 13.1 Å². The van der Waals surface area contributed by atoms with Gasteiger partial charge in [-0.1, -0.05) is 41.4 Å². The third-order valence-electron chi connectivity index (χ3n) is 3.74. The number of aliphatic hydroxyl groups excluding tert-OH is 1. The minimum absolute atomic E-state index is 0.0385. The van der Waals surface area contributed by atoms with Gasteiger partial charge in [0.2, 0.25) is 0 Å². The van der Waals surface area contributed by atoms with Crippen molar-refractivity contribution < 1.29 is 19.3 Å². The number of aryl methyl sites for hydroxylation is 1. The van der Waals surface area contributed by atoms with Crippen molar-refractivity contribution in [2.45, 2.75) is 20.1 Å². The molecule has 0 aromatic heterocycles. The second kappa shape index (κ2) is 11.0. The lowest BCUT2D eigenvalue weighted by Crippen LogP contribution is -2.20. The van der Waals surface area contributed by atoms with Crippen molar-refractivity contribution in [1.29, 1.82) is 0 Å². The van der Waals surface area contributed by atoms with Crippen molar-refractivity contribution in [1.82, 2.24) is 5.32 Å². The largest absolute Gasteiger partial charge is 0.493 e. The maximum Gasteiger partial charge on any atom is 0.180 e. The van der Waals surface area contributed by atoms with E-state index in [0.717, 1.165) is 11.1 Å². The summed E-state index contributed by atoms with van der Waals surface area (Å²) in [5, 5.41) is 12.4. The molecule has 0 atom stereocenters. The molecule has 0 fully saturated rings. The van der Waals surface area contributed by atoms with Gasteiger partial charge in [0.05, 0.1) is 32.0 Å². The zero-order chi connectivity index (χ0) is 18.8. The average molecular weight is 380 g/mol. The summed E-state index contributed by atoms with van der Waals surface area (Å²) in [6.45, 7) is 4.74. The summed E-state index contributed by atoms with van der Waals surface area (Å²) in [4.78, 5) is 0. The molecule has 0 saturated heterocycles. The fourth-order valence-corrected chi connectivity index (χ4v) is 2.80. The molecule has 0 aliphatic rings. The molecule has 0 unspecified atom stereocenters. The number of aliphatic hydroxyl groups is 1. The highest BCUT2D eigenvalue weighted by molar-refractivity contribution is 6.32. The van der Waals surface area contributed by atoms with E-state index in [0.29, 0.717) is 49.4 Å². The van der Waals surface area contributed by atoms with Gasteiger partial charge in [0.1, 0.15) is 6.61 Å². The monoisotopic (exact) mass is 379 g/mol. The molecule has 6 heteroatoms. The molecule has 2 aromatic carbocycles. The van der Waals surface area contributed by atoms with Gasteiger partial charge < -0.3 is 24.6 Å². The number of hydrogen-bond acceptors (Lipinski definition) is 5. The first-order valence-electron chi connectivity index (χ1n) is 8.58. The molecular formula is C20H26ClNO4. The zero-order valence-electron chi connectivity index (χ0n) is 15.3. The Morgan fingerprint density at radius 3 is 2.69 bits per heavy atom. The Kier molecular flexibility index (Phi) is 8.71. The molecule has 2 N–H and O–H groups in total. The fourth-order valence-electron chi connectivity index (χ4n) is 2.52. The number of hydrogen-bond donors (Lipinski definition) is 2. The number of halogens is 1. The van der Waals surface area contributed by atoms with Crippen LogP contribution in [0.25, 0.3) is 0 Å². The van der Waals surface area contributed by atoms with E-state index < -0.39 is 0 Å². The van der Waals surface area contributed by atoms with Crippen LogP contribution in [-0.4, -0.2) is 38.6 Å². The van der Waals surface area contributed by atoms with Crippen LogP contribution in [0.3, 0.4) is 0 Å². The molecule has 2 rings (SSSR count). The van der Waals surface area contributed by atoms with Crippen molar-refractivity contribution in [2.24, 2.45) is 0 Å². The van der Waals surface area contributed by atoms with E-state index in [4.69, 9.17) is 30.9 Å². The van der Waals surface area contributed by atoms with Crippen molar-refractivity contribution in [3.05, 3.63) is 58.1 Å². The highest BCUT2D eigenvalue weighted by atomic mass is 35.5. The maximum atomic E-state index is 8.66. The van der Waals surface area contributed by atoms with Gasteiger partial charge >= 0.3 is 0 Å². The van der Waals surface area contributed by atoms with Gasteiger partial charge in [-0.15, -0.1) is 0 Å². The molecule has 0 heterocycles. The van der Waals surface area contributed by atoms with Gasteiger partial charge in [-0.25, -0.2) is 0 Å². The number of ether oxygens (including phenoxy) is 3. The smallest absolute Gasteiger partial charge is 0.180 e. The van der Waals surface area contributed by atoms with Crippen LogP contribution in [0.2, 0.25) is 5.02 Å². The summed E-state index contributed by atoms with van der Waals surface area (Å²) in [7, 11) is 1.60. The van der Waals surface area contributed by atoms with Crippen molar-refractivity contribution in [2.75, 3.05) is 33.5 Å². The molecule has 0 amide bonds. The molecule has 0 aliphatic carbocycles. The Balaban J connectivity index is 1.95. The third-order valence-corrected chi connectivity index (χ3v) is 4.02. The van der Waals surface area contributed by atoms with Crippen LogP contribution in [0.15, 0.2) is 36.4 Å². The molecule has 0 aliphatic heterocycles. The van der Waals surface area contributed by atoms with E-state index in [1.807, 2.05) is 37.3 Å². The van der Waals surface area contributed by atoms with E-state index in [2.05, 4.69) is 11.4 Å². The van der Waals surface area contributed by atoms with Gasteiger partial charge in [-0.2, -0.15) is 0 Å². The van der Waals surface area contributed by atoms with Crippen LogP contribution in [0.4, 0.5) is 0 Å². The van der Waals surface area contributed by atoms with Crippen LogP contribution >= 0.6 is 11.6 Å². The van der Waals surface area contributed by atoms with E-state index in [1.165, 1.54) is 5.56 Å². The van der Waals surface area contributed by atoms with Gasteiger partial charge in [-0.3, -0.25) is 0 Å². The van der Waals surface area contributed by atoms with Crippen molar-refractivity contribution in [3.63, 3.8) is 0 Å². The Morgan fingerprint density at radius 1 is 1.12 bits per heavy atom. The zero-order valence-corrected chi connectivity index (χ0v) is 16.0. The fraction of sp³-hybridized carbons (Fsp3) is 0.400. The maximum absolute atomic E-state index is 8.66. The normalized spacial score (nSPS) is 10.8. The molecule has 0 spiro atoms. The topological polar surface area (TPSA) is 60.0 Å². The molecular weight excluding hydrogens is 354 g/mol. The minimum Gasteiger partial charge on any atom is -0.493 e. The summed E-state index contributed by atoms with van der Waals surface area (Å²) in [5.41, 5.74) is 3.27. The van der Waals surface area contributed by atoms with Crippen molar-refractivity contribution in [3.8, 4) is 11.5 Å². The summed E-state index contributed by atoms with van der Waals surface area (Å²) < 4.78 is 16.6. The van der Waals surface area contributed by atoms with Gasteiger partial charge in [0.15, 0.2) is 11.5 Å². The van der Waals surface area contributed by atoms with Crippen LogP contribution in [-0.2, 0) is 17.9 Å². The predicted octanol–water partition coefficient (Wildman–Crippen LogP) is 3.33. The molecule has 0 bridgehead atoms. The van der Waals surface area contributed by atoms with E-state index in [-0.39, 0.29) is 6.61 Å². The standard InChI is InChI=1S/C20H26ClNO4/c1-15-4-3-5-16(10-15)14-26-20-18(21)11-17(12-19(20)24-2)13-22-6-8-25-9-7-23/h3-5,10-12,22-23H,6-9,13-14H2,1-2H3. The highest BCUT2D eigenvalue weighted by Crippen LogP contribution is 2.37. The molecule has 0 radical (unpaired) electrons. The number of benzene rings is 2. The molecule has 142 valence electrons. The summed E-state index contributed by atoms with van der Waals surface area (Å²) in [5.74, 6) is 1.16. The molecule has 0 saturated carbocycles. The molecule has 5 nitrogen and oxygen atoms in total. The Hall–Kier alpha value is -1.79. The summed E-state index contributed by atoms with van der Waals surface area (Å²) in [6.07, 6.45) is 0. The number of nitrogens with one attached hydrogen (secondary N) is 1. The van der Waals surface area contributed by atoms with Gasteiger partial charge in [0.25, 0.3) is 0 Å². The molecule has 2 aromatic rings. The summed E-state index contributed by atoms with van der Waals surface area (Å²) in [6, 6.07) is 11.9. The van der Waals surface area contributed by atoms with Crippen LogP contribution in [0.1, 0.15) is 16.7 Å². The average Bonchev–Trinajstić information content (AvgIpc) is 2.63. The van der Waals surface area contributed by atoms with E-state index >= 15 is 0 Å². The van der Waals surface area contributed by atoms with Crippen LogP contribution in [0.5, 0.6) is 11.5 Å². The van der Waals surface area contributed by atoms with Gasteiger partial charge in [-0.05, 0) is 30.2 Å². The van der Waals surface area contributed by atoms with Crippen molar-refractivity contribution >= 4 is 11.6 Å². The lowest BCUT2D eigenvalue weighted by Gasteiger charge is -2.15. The quantitative estimate of drug-likeness (QED) is 0.586. The van der Waals surface area contributed by atoms with E-state index in [1.54, 1.807) is 7.11 Å². The van der Waals surface area contributed by atoms with E-state index in [9.17, 15) is 0 Å². The first-order valence-corrected chi connectivity index (χ1v) is 8.96. The Labute approximate surface area is 159 Å². The number of methoxy groups -OCH3 is 1. The first-order chi connectivity index (χ1) is 12.6. The lowest BCUT2D eigenvalue weighted by molar-refractivity contribution is 0.0938. The van der Waals surface area contributed by atoms with Crippen LogP contribution in [0, 0.1) is 6.92 Å². The SMILES string of the molecule is COc1cc(CNCCOCCO)cc(Cl)c1OCc1cccc(C)c1. The highest BCUT2D eigenvalue weighted by Gasteiger charge is 2.12. The Bertz CT molecular complexity index is 694. The lowest BCUT2D eigenvalue weighted by atomic mass is 10.1. The Morgan fingerprint density at radius 2 is 1.96 bits per heavy atom. The second-order valence-electron chi connectivity index (χ2n) is 5.90. The predicted molar refractivity (Wildman–Crippen MR) is 103 cm³/mol. The minimum atomic E-state index is 0.0385. The second-order valence-corrected chi connectivity index (χ2v) is 6.31. The molecule has 26 heavy (non-hydrogen) atoms. The van der Waals surface area contributed by atoms with Crippen LogP contribution < -0.4 is 14.8 Å². The third kappa shape index (κ3) is 6.50. The summed E-state index contributed by atoms with van der Waals surface area (Å²) >= 11 is 6.41. The first kappa shape index (κ1) is 20.5.